The zero-order valence-electron chi connectivity index (χ0n) is 12.5. The molecule has 2 aliphatic heterocycles. The molecule has 0 radical (unpaired) electrons. The molecule has 2 fully saturated rings. The van der Waals surface area contributed by atoms with E-state index < -0.39 is 23.9 Å². The van der Waals surface area contributed by atoms with Crippen molar-refractivity contribution in [3.05, 3.63) is 35.4 Å². The van der Waals surface area contributed by atoms with Crippen LogP contribution in [0.1, 0.15) is 30.1 Å². The normalized spacial score (nSPS) is 25.6. The van der Waals surface area contributed by atoms with Gasteiger partial charge in [0.1, 0.15) is 12.2 Å². The van der Waals surface area contributed by atoms with Crippen molar-refractivity contribution in [3.8, 4) is 0 Å². The van der Waals surface area contributed by atoms with Crippen LogP contribution in [-0.2, 0) is 20.4 Å². The molecule has 0 bridgehead atoms. The van der Waals surface area contributed by atoms with Crippen LogP contribution in [-0.4, -0.2) is 43.2 Å². The fraction of sp³-hybridized carbons (Fsp3) is 0.562. The molecule has 1 aromatic carbocycles. The van der Waals surface area contributed by atoms with Gasteiger partial charge < -0.3 is 14.4 Å². The predicted molar refractivity (Wildman–Crippen MR) is 75.7 cm³/mol. The highest BCUT2D eigenvalue weighted by atomic mass is 19.4. The van der Waals surface area contributed by atoms with E-state index >= 15 is 0 Å². The van der Waals surface area contributed by atoms with Crippen LogP contribution in [0.5, 0.6) is 0 Å². The Morgan fingerprint density at radius 2 is 1.96 bits per heavy atom. The summed E-state index contributed by atoms with van der Waals surface area (Å²) in [4.78, 5) is 13.9. The van der Waals surface area contributed by atoms with Gasteiger partial charge in [0.2, 0.25) is 0 Å². The molecular weight excluding hydrogens is 311 g/mol. The first-order valence-electron chi connectivity index (χ1n) is 7.65. The fourth-order valence-electron chi connectivity index (χ4n) is 3.05. The third-order valence-corrected chi connectivity index (χ3v) is 4.20. The summed E-state index contributed by atoms with van der Waals surface area (Å²) >= 11 is 0. The quantitative estimate of drug-likeness (QED) is 0.837. The van der Waals surface area contributed by atoms with E-state index in [4.69, 9.17) is 9.47 Å². The Bertz CT molecular complexity index is 570. The van der Waals surface area contributed by atoms with Crippen molar-refractivity contribution in [2.45, 2.75) is 31.2 Å². The van der Waals surface area contributed by atoms with E-state index in [0.717, 1.165) is 12.5 Å². The van der Waals surface area contributed by atoms with E-state index in [1.54, 1.807) is 11.0 Å². The summed E-state index contributed by atoms with van der Waals surface area (Å²) in [6.45, 7) is 1.27. The first kappa shape index (κ1) is 16.3. The van der Waals surface area contributed by atoms with Gasteiger partial charge in [0.05, 0.1) is 18.7 Å². The van der Waals surface area contributed by atoms with Crippen LogP contribution in [0.4, 0.5) is 13.2 Å². The van der Waals surface area contributed by atoms with E-state index in [1.165, 1.54) is 12.1 Å². The molecule has 2 heterocycles. The SMILES string of the molecule is O=C([C@@H]1CCCO1)N1CCOC(c2ccccc2C(F)(F)F)C1. The second-order valence-electron chi connectivity index (χ2n) is 5.73. The molecule has 1 unspecified atom stereocenters. The largest absolute Gasteiger partial charge is 0.416 e. The van der Waals surface area contributed by atoms with E-state index in [2.05, 4.69) is 0 Å². The van der Waals surface area contributed by atoms with Crippen LogP contribution in [0.15, 0.2) is 24.3 Å². The Morgan fingerprint density at radius 3 is 2.65 bits per heavy atom. The fourth-order valence-corrected chi connectivity index (χ4v) is 3.05. The van der Waals surface area contributed by atoms with Crippen molar-refractivity contribution in [3.63, 3.8) is 0 Å². The first-order valence-corrected chi connectivity index (χ1v) is 7.65. The second-order valence-corrected chi connectivity index (χ2v) is 5.73. The minimum atomic E-state index is -4.44. The molecule has 1 amide bonds. The molecule has 23 heavy (non-hydrogen) atoms. The molecule has 2 saturated heterocycles. The van der Waals surface area contributed by atoms with Crippen molar-refractivity contribution in [1.82, 2.24) is 4.90 Å². The van der Waals surface area contributed by atoms with E-state index in [0.29, 0.717) is 19.6 Å². The number of morpholine rings is 1. The van der Waals surface area contributed by atoms with Crippen molar-refractivity contribution in [1.29, 1.82) is 0 Å². The lowest BCUT2D eigenvalue weighted by molar-refractivity contribution is -0.150. The summed E-state index contributed by atoms with van der Waals surface area (Å²) in [5, 5.41) is 0. The number of amides is 1. The lowest BCUT2D eigenvalue weighted by Gasteiger charge is -2.35. The molecule has 1 aromatic rings. The van der Waals surface area contributed by atoms with Crippen LogP contribution in [0.25, 0.3) is 0 Å². The molecule has 0 saturated carbocycles. The molecule has 0 aromatic heterocycles. The number of hydrogen-bond acceptors (Lipinski definition) is 3. The van der Waals surface area contributed by atoms with E-state index in [1.807, 2.05) is 0 Å². The number of nitrogens with zero attached hydrogens (tertiary/aromatic N) is 1. The summed E-state index contributed by atoms with van der Waals surface area (Å²) in [5.41, 5.74) is -0.638. The maximum atomic E-state index is 13.1. The van der Waals surface area contributed by atoms with Gasteiger partial charge in [-0.2, -0.15) is 13.2 Å². The maximum Gasteiger partial charge on any atom is 0.416 e. The molecule has 3 rings (SSSR count). The third-order valence-electron chi connectivity index (χ3n) is 4.20. The highest BCUT2D eigenvalue weighted by molar-refractivity contribution is 5.81. The number of ether oxygens (including phenoxy) is 2. The van der Waals surface area contributed by atoms with E-state index in [-0.39, 0.29) is 24.6 Å². The minimum Gasteiger partial charge on any atom is -0.370 e. The Labute approximate surface area is 132 Å². The predicted octanol–water partition coefficient (Wildman–Crippen LogP) is 2.78. The standard InChI is InChI=1S/C16H18F3NO3/c17-16(18,19)12-5-2-1-4-11(12)14-10-20(7-9-23-14)15(21)13-6-3-8-22-13/h1-2,4-5,13-14H,3,6-10H2/t13-,14?/m0/s1. The summed E-state index contributed by atoms with van der Waals surface area (Å²) in [6, 6.07) is 5.35. The van der Waals surface area contributed by atoms with Gasteiger partial charge >= 0.3 is 6.18 Å². The van der Waals surface area contributed by atoms with Gasteiger partial charge in [-0.05, 0) is 24.5 Å². The Kier molecular flexibility index (Phi) is 4.59. The number of carbonyl (C=O) groups is 1. The van der Waals surface area contributed by atoms with Crippen LogP contribution in [0, 0.1) is 0 Å². The minimum absolute atomic E-state index is 0.0739. The van der Waals surface area contributed by atoms with Crippen LogP contribution >= 0.6 is 0 Å². The van der Waals surface area contributed by atoms with Gasteiger partial charge in [-0.15, -0.1) is 0 Å². The van der Waals surface area contributed by atoms with Crippen molar-refractivity contribution in [2.24, 2.45) is 0 Å². The lowest BCUT2D eigenvalue weighted by Crippen LogP contribution is -2.46. The molecule has 2 aliphatic rings. The van der Waals surface area contributed by atoms with E-state index in [9.17, 15) is 18.0 Å². The number of halogens is 3. The Morgan fingerprint density at radius 1 is 1.17 bits per heavy atom. The number of alkyl halides is 3. The maximum absolute atomic E-state index is 13.1. The van der Waals surface area contributed by atoms with Crippen molar-refractivity contribution in [2.75, 3.05) is 26.3 Å². The monoisotopic (exact) mass is 329 g/mol. The molecule has 2 atom stereocenters. The smallest absolute Gasteiger partial charge is 0.370 e. The highest BCUT2D eigenvalue weighted by Gasteiger charge is 2.38. The number of rotatable bonds is 2. The van der Waals surface area contributed by atoms with Gasteiger partial charge in [0.15, 0.2) is 0 Å². The Balaban J connectivity index is 1.78. The lowest BCUT2D eigenvalue weighted by atomic mass is 10.0. The van der Waals surface area contributed by atoms with Gasteiger partial charge in [-0.25, -0.2) is 0 Å². The average Bonchev–Trinajstić information content (AvgIpc) is 3.08. The summed E-state index contributed by atoms with van der Waals surface area (Å²) in [7, 11) is 0. The van der Waals surface area contributed by atoms with Crippen LogP contribution in [0.3, 0.4) is 0 Å². The first-order chi connectivity index (χ1) is 11.0. The van der Waals surface area contributed by atoms with Gasteiger partial charge in [-0.1, -0.05) is 18.2 Å². The van der Waals surface area contributed by atoms with Gasteiger partial charge in [0, 0.05) is 13.2 Å². The summed E-state index contributed by atoms with van der Waals surface area (Å²) < 4.78 is 50.3. The number of hydrogen-bond donors (Lipinski definition) is 0. The molecule has 0 aliphatic carbocycles. The van der Waals surface area contributed by atoms with Crippen molar-refractivity contribution >= 4 is 5.91 Å². The van der Waals surface area contributed by atoms with Crippen LogP contribution < -0.4 is 0 Å². The Hall–Kier alpha value is -1.60. The third kappa shape index (κ3) is 3.50. The zero-order chi connectivity index (χ0) is 16.4. The van der Waals surface area contributed by atoms with Gasteiger partial charge in [-0.3, -0.25) is 4.79 Å². The number of benzene rings is 1. The summed E-state index contributed by atoms with van der Waals surface area (Å²) in [5.74, 6) is -0.153. The average molecular weight is 329 g/mol. The second kappa shape index (κ2) is 6.49. The molecule has 7 heteroatoms. The molecular formula is C16H18F3NO3. The van der Waals surface area contributed by atoms with Crippen molar-refractivity contribution < 1.29 is 27.4 Å². The molecule has 0 N–H and O–H groups in total. The van der Waals surface area contributed by atoms with Crippen LogP contribution in [0.2, 0.25) is 0 Å². The zero-order valence-corrected chi connectivity index (χ0v) is 12.5. The van der Waals surface area contributed by atoms with Gasteiger partial charge in [0.25, 0.3) is 5.91 Å². The topological polar surface area (TPSA) is 38.8 Å². The highest BCUT2D eigenvalue weighted by Crippen LogP contribution is 2.36. The molecule has 4 nitrogen and oxygen atoms in total. The summed E-state index contributed by atoms with van der Waals surface area (Å²) in [6.07, 6.45) is -4.18. The number of carbonyl (C=O) groups excluding carboxylic acids is 1. The molecule has 126 valence electrons. The molecule has 0 spiro atoms.